The molecule has 3 saturated heterocycles. The van der Waals surface area contributed by atoms with Crippen molar-refractivity contribution in [2.45, 2.75) is 224 Å². The first-order chi connectivity index (χ1) is 42.4. The molecule has 0 radical (unpaired) electrons. The number of rotatable bonds is 13. The standard InChI is InChI=1S/C26H36N2O6.C24H34N2O3.C23H33NO2/c1-16(2)23(27-17(3)29)24(30)32-15-33-25(31)34-19-9-8-18-13-22-20-7-5-6-10-26(20,21(18)14-19)11-12-28(22)4;1-15(2)22(25-16(3)27)23(28)29-18-9-8-17-13-21-19-7-5-6-10-24(19,20(17)14-18)11-12-26(21)4;1-15(2)16(3)22(25)26-18-9-8-17-13-21-19-7-5-6-10-23(19,20(17)14-18)11-12-24(21)4/h8-9,14,16,20,22-23H,5-7,10-13,15H2,1-4H3,(H,27,29);8-9,14-15,19,21-22H,5-7,10-13H2,1-4H3,(H,25,27);8-9,14-16,19,21H,5-7,10-13H2,1-4H3/t20-,22+,23?,26+;19-,21?,22?,24+;16?,19-,21?,23+/m111/s1. The van der Waals surface area contributed by atoms with E-state index in [4.69, 9.17) is 23.7 Å². The number of likely N-dealkylation sites (N-methyl/N-ethyl adjacent to an activating group) is 3. The molecule has 12 atom stereocenters. The number of hydrogen-bond acceptors (Lipinski definition) is 14. The van der Waals surface area contributed by atoms with Crippen molar-refractivity contribution in [2.75, 3.05) is 47.6 Å². The van der Waals surface area contributed by atoms with Crippen molar-refractivity contribution in [3.63, 3.8) is 0 Å². The van der Waals surface area contributed by atoms with Gasteiger partial charge in [0.05, 0.1) is 5.92 Å². The fourth-order valence-corrected chi connectivity index (χ4v) is 18.2. The number of likely N-dealkylation sites (tertiary alicyclic amines) is 3. The van der Waals surface area contributed by atoms with Crippen LogP contribution in [0.15, 0.2) is 54.6 Å². The molecule has 9 aliphatic rings. The quantitative estimate of drug-likeness (QED) is 0.0713. The highest BCUT2D eigenvalue weighted by atomic mass is 16.8. The van der Waals surface area contributed by atoms with Gasteiger partial charge in [-0.1, -0.05) is 105 Å². The molecule has 6 fully saturated rings. The minimum atomic E-state index is -0.928. The van der Waals surface area contributed by atoms with Crippen LogP contribution in [0.2, 0.25) is 0 Å². The van der Waals surface area contributed by atoms with E-state index in [2.05, 4.69) is 90.7 Å². The van der Waals surface area contributed by atoms with Gasteiger partial charge >= 0.3 is 24.1 Å². The summed E-state index contributed by atoms with van der Waals surface area (Å²) in [6.45, 7) is 19.1. The summed E-state index contributed by atoms with van der Waals surface area (Å²) >= 11 is 0. The molecule has 5 unspecified atom stereocenters. The van der Waals surface area contributed by atoms with Gasteiger partial charge in [0.25, 0.3) is 0 Å². The molecule has 2 N–H and O–H groups in total. The van der Waals surface area contributed by atoms with Crippen LogP contribution in [0, 0.1) is 41.4 Å². The number of amides is 2. The molecule has 16 nitrogen and oxygen atoms in total. The summed E-state index contributed by atoms with van der Waals surface area (Å²) in [7, 11) is 6.82. The Morgan fingerprint density at radius 1 is 0.461 bits per heavy atom. The third kappa shape index (κ3) is 13.6. The number of carbonyl (C=O) groups is 6. The fraction of sp³-hybridized carbons (Fsp3) is 0.671. The van der Waals surface area contributed by atoms with Crippen LogP contribution in [0.1, 0.15) is 192 Å². The Labute approximate surface area is 529 Å². The number of fused-ring (bicyclic) bond motifs is 3. The highest BCUT2D eigenvalue weighted by Gasteiger charge is 2.56. The van der Waals surface area contributed by atoms with Gasteiger partial charge in [-0.25, -0.2) is 14.4 Å². The van der Waals surface area contributed by atoms with Crippen LogP contribution in [0.3, 0.4) is 0 Å². The van der Waals surface area contributed by atoms with Gasteiger partial charge in [0.1, 0.15) is 29.3 Å². The number of ether oxygens (including phenoxy) is 5. The van der Waals surface area contributed by atoms with E-state index in [0.717, 1.165) is 50.4 Å². The number of nitrogens with one attached hydrogen (secondary N) is 2. The molecule has 3 aliphatic heterocycles. The smallest absolute Gasteiger partial charge is 0.426 e. The number of esters is 3. The zero-order valence-electron chi connectivity index (χ0n) is 55.5. The molecule has 0 aromatic heterocycles. The van der Waals surface area contributed by atoms with Crippen molar-refractivity contribution in [3.8, 4) is 17.2 Å². The SMILES string of the molecule is CC(=O)NC(C(=O)OCOC(=O)Oc1ccc2c(c1)[C@]13CCCC[C@@H]1[C@H](C2)N(C)CC3)C(C)C.CC(=O)NC(C(=O)Oc1ccc2c(c1)[C@]13CCCC[C@@H]1C(C2)N(C)CC3)C(C)C.CC(C)C(C)C(=O)Oc1ccc2c(c1)[C@]13CCCC[C@@H]1C(C2)N(C)CC3. The summed E-state index contributed by atoms with van der Waals surface area (Å²) in [5.41, 5.74) is 9.20. The third-order valence-electron chi connectivity index (χ3n) is 23.2. The van der Waals surface area contributed by atoms with E-state index < -0.39 is 31.0 Å². The van der Waals surface area contributed by atoms with Gasteiger partial charge in [-0.3, -0.25) is 14.4 Å². The average Bonchev–Trinajstić information content (AvgIpc) is 0.765. The first-order valence-corrected chi connectivity index (χ1v) is 33.9. The highest BCUT2D eigenvalue weighted by molar-refractivity contribution is 5.85. The van der Waals surface area contributed by atoms with Gasteiger partial charge in [-0.15, -0.1) is 0 Å². The summed E-state index contributed by atoms with van der Waals surface area (Å²) in [6.07, 6.45) is 21.4. The fourth-order valence-electron chi connectivity index (χ4n) is 18.2. The predicted octanol–water partition coefficient (Wildman–Crippen LogP) is 11.6. The lowest BCUT2D eigenvalue weighted by Crippen LogP contribution is -2.59. The summed E-state index contributed by atoms with van der Waals surface area (Å²) in [5, 5.41) is 5.27. The van der Waals surface area contributed by atoms with Crippen LogP contribution in [0.25, 0.3) is 0 Å². The molecule has 3 saturated carbocycles. The largest absolute Gasteiger partial charge is 0.516 e. The lowest BCUT2D eigenvalue weighted by atomic mass is 9.52. The predicted molar refractivity (Wildman–Crippen MR) is 343 cm³/mol. The summed E-state index contributed by atoms with van der Waals surface area (Å²) in [4.78, 5) is 80.1. The van der Waals surface area contributed by atoms with Gasteiger partial charge in [-0.05, 0) is 223 Å². The Hall–Kier alpha value is -5.84. The van der Waals surface area contributed by atoms with Crippen LogP contribution in [-0.2, 0) is 69.0 Å². The Balaban J connectivity index is 0.000000148. The molecule has 89 heavy (non-hydrogen) atoms. The molecule has 16 heteroatoms. The molecule has 6 aliphatic carbocycles. The Kier molecular flexibility index (Phi) is 20.5. The van der Waals surface area contributed by atoms with E-state index in [1.165, 1.54) is 144 Å². The Morgan fingerprint density at radius 3 is 1.18 bits per heavy atom. The summed E-state index contributed by atoms with van der Waals surface area (Å²) in [5.74, 6) is 2.27. The number of benzene rings is 3. The molecule has 0 spiro atoms. The average molecular weight is 1230 g/mol. The molecule has 2 amide bonds. The second kappa shape index (κ2) is 27.5. The van der Waals surface area contributed by atoms with Crippen molar-refractivity contribution in [1.29, 1.82) is 0 Å². The monoisotopic (exact) mass is 1230 g/mol. The zero-order chi connectivity index (χ0) is 63.7. The minimum absolute atomic E-state index is 0.0278. The van der Waals surface area contributed by atoms with Gasteiger partial charge in [0.15, 0.2) is 0 Å². The van der Waals surface area contributed by atoms with Crippen LogP contribution >= 0.6 is 0 Å². The van der Waals surface area contributed by atoms with Crippen LogP contribution in [-0.4, -0.2) is 128 Å². The topological polar surface area (TPSA) is 182 Å². The van der Waals surface area contributed by atoms with Gasteiger partial charge < -0.3 is 49.0 Å². The molecule has 3 heterocycles. The van der Waals surface area contributed by atoms with E-state index in [0.29, 0.717) is 52.8 Å². The lowest BCUT2D eigenvalue weighted by Gasteiger charge is -2.58. The van der Waals surface area contributed by atoms with Gasteiger partial charge in [-0.2, -0.15) is 0 Å². The van der Waals surface area contributed by atoms with Crippen LogP contribution in [0.4, 0.5) is 4.79 Å². The van der Waals surface area contributed by atoms with Crippen molar-refractivity contribution in [1.82, 2.24) is 25.3 Å². The van der Waals surface area contributed by atoms with E-state index >= 15 is 0 Å². The van der Waals surface area contributed by atoms with E-state index in [-0.39, 0.29) is 52.3 Å². The molecule has 3 aromatic carbocycles. The van der Waals surface area contributed by atoms with E-state index in [1.807, 2.05) is 45.0 Å². The second-order valence-corrected chi connectivity index (χ2v) is 29.3. The Bertz CT molecular complexity index is 3090. The Morgan fingerprint density at radius 2 is 0.820 bits per heavy atom. The molecule has 12 rings (SSSR count). The molecule has 3 aromatic rings. The highest BCUT2D eigenvalue weighted by Crippen LogP contribution is 2.59. The van der Waals surface area contributed by atoms with Crippen LogP contribution in [0.5, 0.6) is 17.2 Å². The number of nitrogens with zero attached hydrogens (tertiary/aromatic N) is 3. The van der Waals surface area contributed by atoms with Crippen molar-refractivity contribution >= 4 is 35.9 Å². The van der Waals surface area contributed by atoms with Gasteiger partial charge in [0, 0.05) is 48.2 Å². The van der Waals surface area contributed by atoms with E-state index in [1.54, 1.807) is 13.8 Å². The first kappa shape index (κ1) is 66.1. The van der Waals surface area contributed by atoms with Crippen molar-refractivity contribution in [2.24, 2.45) is 41.4 Å². The second-order valence-electron chi connectivity index (χ2n) is 29.3. The molecular formula is C73H103N5O11. The molecular weight excluding hydrogens is 1120 g/mol. The number of piperidine rings is 3. The number of carbonyl (C=O) groups excluding carboxylic acids is 6. The maximum absolute atomic E-state index is 12.8. The van der Waals surface area contributed by atoms with Gasteiger partial charge in [0.2, 0.25) is 18.6 Å². The summed E-state index contributed by atoms with van der Waals surface area (Å²) < 4.78 is 27.0. The zero-order valence-corrected chi connectivity index (χ0v) is 55.5. The minimum Gasteiger partial charge on any atom is -0.426 e. The van der Waals surface area contributed by atoms with E-state index in [9.17, 15) is 28.8 Å². The van der Waals surface area contributed by atoms with Crippen LogP contribution < -0.4 is 24.8 Å². The first-order valence-electron chi connectivity index (χ1n) is 33.9. The normalized spacial score (nSPS) is 29.1. The third-order valence-corrected chi connectivity index (χ3v) is 23.2. The maximum Gasteiger partial charge on any atom is 0.516 e. The molecule has 486 valence electrons. The lowest BCUT2D eigenvalue weighted by molar-refractivity contribution is -0.157. The number of hydrogen-bond donors (Lipinski definition) is 2. The molecule has 6 bridgehead atoms. The maximum atomic E-state index is 12.8. The van der Waals surface area contributed by atoms with Crippen molar-refractivity contribution in [3.05, 3.63) is 88.0 Å². The summed E-state index contributed by atoms with van der Waals surface area (Å²) in [6, 6.07) is 19.1. The van der Waals surface area contributed by atoms with Crippen molar-refractivity contribution < 1.29 is 52.5 Å².